The summed E-state index contributed by atoms with van der Waals surface area (Å²) in [6, 6.07) is 0.325. The molecule has 3 atom stereocenters. The summed E-state index contributed by atoms with van der Waals surface area (Å²) in [6.45, 7) is 11.8. The van der Waals surface area contributed by atoms with Gasteiger partial charge in [0.25, 0.3) is 0 Å². The average Bonchev–Trinajstić information content (AvgIpc) is 2.78. The molecule has 3 unspecified atom stereocenters. The second-order valence-electron chi connectivity index (χ2n) is 7.67. The lowest BCUT2D eigenvalue weighted by molar-refractivity contribution is -0.0385. The highest BCUT2D eigenvalue weighted by molar-refractivity contribution is 5.64. The SMILES string of the molecule is C=C1COC(CNC2CC(C)(C)CC(C)(COC(N)=O)C2)O1. The van der Waals surface area contributed by atoms with Gasteiger partial charge in [-0.3, -0.25) is 0 Å². The van der Waals surface area contributed by atoms with Gasteiger partial charge in [0.1, 0.15) is 12.4 Å². The highest BCUT2D eigenvalue weighted by Crippen LogP contribution is 2.46. The van der Waals surface area contributed by atoms with E-state index in [0.29, 0.717) is 31.6 Å². The van der Waals surface area contributed by atoms with Gasteiger partial charge in [-0.05, 0) is 24.7 Å². The minimum atomic E-state index is -0.708. The number of amides is 1. The second-order valence-corrected chi connectivity index (χ2v) is 7.67. The average molecular weight is 312 g/mol. The fourth-order valence-electron chi connectivity index (χ4n) is 3.94. The lowest BCUT2D eigenvalue weighted by atomic mass is 9.63. The summed E-state index contributed by atoms with van der Waals surface area (Å²) in [5.74, 6) is 0.676. The molecule has 2 fully saturated rings. The van der Waals surface area contributed by atoms with Gasteiger partial charge in [-0.2, -0.15) is 0 Å². The highest BCUT2D eigenvalue weighted by Gasteiger charge is 2.42. The first kappa shape index (κ1) is 17.1. The fraction of sp³-hybridized carbons (Fsp3) is 0.812. The van der Waals surface area contributed by atoms with Crippen LogP contribution in [-0.4, -0.2) is 38.2 Å². The molecule has 0 radical (unpaired) electrons. The monoisotopic (exact) mass is 312 g/mol. The van der Waals surface area contributed by atoms with Crippen molar-refractivity contribution in [3.05, 3.63) is 12.3 Å². The fourth-order valence-corrected chi connectivity index (χ4v) is 3.94. The summed E-state index contributed by atoms with van der Waals surface area (Å²) in [7, 11) is 0. The van der Waals surface area contributed by atoms with Crippen molar-refractivity contribution >= 4 is 6.09 Å². The molecule has 0 bridgehead atoms. The Morgan fingerprint density at radius 1 is 1.45 bits per heavy atom. The first-order valence-electron chi connectivity index (χ1n) is 7.79. The van der Waals surface area contributed by atoms with E-state index in [2.05, 4.69) is 32.7 Å². The lowest BCUT2D eigenvalue weighted by Crippen LogP contribution is -2.48. The zero-order valence-electron chi connectivity index (χ0n) is 13.8. The predicted octanol–water partition coefficient (Wildman–Crippen LogP) is 2.14. The van der Waals surface area contributed by atoms with Crippen LogP contribution in [0.2, 0.25) is 0 Å². The molecule has 0 aromatic heterocycles. The number of carbonyl (C=O) groups is 1. The van der Waals surface area contributed by atoms with E-state index in [4.69, 9.17) is 19.9 Å². The quantitative estimate of drug-likeness (QED) is 0.812. The van der Waals surface area contributed by atoms with Crippen molar-refractivity contribution in [3.63, 3.8) is 0 Å². The maximum atomic E-state index is 10.9. The first-order valence-corrected chi connectivity index (χ1v) is 7.79. The molecule has 126 valence electrons. The molecular weight excluding hydrogens is 284 g/mol. The predicted molar refractivity (Wildman–Crippen MR) is 83.0 cm³/mol. The summed E-state index contributed by atoms with van der Waals surface area (Å²) in [4.78, 5) is 10.9. The molecule has 6 nitrogen and oxygen atoms in total. The molecule has 2 aliphatic rings. The van der Waals surface area contributed by atoms with Crippen molar-refractivity contribution in [2.24, 2.45) is 16.6 Å². The molecule has 22 heavy (non-hydrogen) atoms. The van der Waals surface area contributed by atoms with Crippen LogP contribution in [0.1, 0.15) is 40.0 Å². The molecule has 1 amide bonds. The number of hydrogen-bond acceptors (Lipinski definition) is 5. The van der Waals surface area contributed by atoms with Gasteiger partial charge in [0, 0.05) is 11.5 Å². The van der Waals surface area contributed by atoms with Crippen LogP contribution in [0.5, 0.6) is 0 Å². The number of primary amides is 1. The van der Waals surface area contributed by atoms with Crippen LogP contribution in [0.15, 0.2) is 12.3 Å². The summed E-state index contributed by atoms with van der Waals surface area (Å²) >= 11 is 0. The van der Waals surface area contributed by atoms with Crippen LogP contribution in [0, 0.1) is 10.8 Å². The van der Waals surface area contributed by atoms with E-state index in [0.717, 1.165) is 19.3 Å². The van der Waals surface area contributed by atoms with E-state index in [-0.39, 0.29) is 17.1 Å². The van der Waals surface area contributed by atoms with Gasteiger partial charge in [0.15, 0.2) is 0 Å². The molecule has 0 aromatic carbocycles. The third kappa shape index (κ3) is 4.88. The maximum Gasteiger partial charge on any atom is 0.404 e. The van der Waals surface area contributed by atoms with Gasteiger partial charge in [-0.25, -0.2) is 4.79 Å². The Labute approximate surface area is 132 Å². The number of ether oxygens (including phenoxy) is 3. The number of rotatable bonds is 5. The van der Waals surface area contributed by atoms with Crippen LogP contribution < -0.4 is 11.1 Å². The number of nitrogens with two attached hydrogens (primary N) is 1. The third-order valence-electron chi connectivity index (χ3n) is 4.31. The van der Waals surface area contributed by atoms with Crippen LogP contribution in [-0.2, 0) is 14.2 Å². The summed E-state index contributed by atoms with van der Waals surface area (Å²) in [5.41, 5.74) is 5.21. The van der Waals surface area contributed by atoms with Crippen molar-refractivity contribution in [2.45, 2.75) is 52.4 Å². The van der Waals surface area contributed by atoms with E-state index in [1.165, 1.54) is 0 Å². The molecule has 1 aliphatic heterocycles. The summed E-state index contributed by atoms with van der Waals surface area (Å²) in [5, 5.41) is 3.52. The van der Waals surface area contributed by atoms with Gasteiger partial charge in [0.05, 0.1) is 13.2 Å². The van der Waals surface area contributed by atoms with E-state index >= 15 is 0 Å². The van der Waals surface area contributed by atoms with Gasteiger partial charge >= 0.3 is 6.09 Å². The molecule has 1 saturated carbocycles. The summed E-state index contributed by atoms with van der Waals surface area (Å²) in [6.07, 6.45) is 2.02. The normalized spacial score (nSPS) is 34.2. The molecular formula is C16H28N2O4. The zero-order valence-corrected chi connectivity index (χ0v) is 13.8. The van der Waals surface area contributed by atoms with E-state index in [1.54, 1.807) is 0 Å². The minimum Gasteiger partial charge on any atom is -0.466 e. The van der Waals surface area contributed by atoms with E-state index in [1.807, 2.05) is 0 Å². The van der Waals surface area contributed by atoms with E-state index in [9.17, 15) is 4.79 Å². The smallest absolute Gasteiger partial charge is 0.404 e. The molecule has 1 saturated heterocycles. The first-order chi connectivity index (χ1) is 10.2. The van der Waals surface area contributed by atoms with Crippen molar-refractivity contribution in [1.29, 1.82) is 0 Å². The largest absolute Gasteiger partial charge is 0.466 e. The Hall–Kier alpha value is -1.27. The van der Waals surface area contributed by atoms with Crippen LogP contribution >= 0.6 is 0 Å². The van der Waals surface area contributed by atoms with Crippen molar-refractivity contribution < 1.29 is 19.0 Å². The molecule has 6 heteroatoms. The Morgan fingerprint density at radius 3 is 2.77 bits per heavy atom. The molecule has 0 spiro atoms. The molecule has 3 N–H and O–H groups in total. The van der Waals surface area contributed by atoms with Crippen LogP contribution in [0.3, 0.4) is 0 Å². The maximum absolute atomic E-state index is 10.9. The van der Waals surface area contributed by atoms with E-state index < -0.39 is 6.09 Å². The Bertz CT molecular complexity index is 438. The Balaban J connectivity index is 1.90. The molecule has 0 aromatic rings. The van der Waals surface area contributed by atoms with Crippen LogP contribution in [0.25, 0.3) is 0 Å². The third-order valence-corrected chi connectivity index (χ3v) is 4.31. The van der Waals surface area contributed by atoms with Crippen molar-refractivity contribution in [3.8, 4) is 0 Å². The van der Waals surface area contributed by atoms with Crippen molar-refractivity contribution in [2.75, 3.05) is 19.8 Å². The number of hydrogen-bond donors (Lipinski definition) is 2. The zero-order chi connectivity index (χ0) is 16.4. The Morgan fingerprint density at radius 2 is 2.18 bits per heavy atom. The minimum absolute atomic E-state index is 0.0740. The van der Waals surface area contributed by atoms with Crippen molar-refractivity contribution in [1.82, 2.24) is 5.32 Å². The molecule has 1 aliphatic carbocycles. The number of carbonyl (C=O) groups excluding carboxylic acids is 1. The van der Waals surface area contributed by atoms with Gasteiger partial charge in [-0.1, -0.05) is 27.4 Å². The molecule has 1 heterocycles. The summed E-state index contributed by atoms with van der Waals surface area (Å²) < 4.78 is 16.0. The molecule has 2 rings (SSSR count). The van der Waals surface area contributed by atoms with Gasteiger partial charge in [0.2, 0.25) is 6.29 Å². The topological polar surface area (TPSA) is 82.8 Å². The lowest BCUT2D eigenvalue weighted by Gasteiger charge is -2.46. The van der Waals surface area contributed by atoms with Gasteiger partial charge < -0.3 is 25.3 Å². The second kappa shape index (κ2) is 6.46. The number of nitrogens with one attached hydrogen (secondary N) is 1. The highest BCUT2D eigenvalue weighted by atomic mass is 16.7. The standard InChI is InChI=1S/C16H28N2O4/c1-11-8-20-13(22-11)7-18-12-5-15(2,3)9-16(4,6-12)10-21-14(17)19/h12-13,18H,1,5-10H2,2-4H3,(H2,17,19). The van der Waals surface area contributed by atoms with Gasteiger partial charge in [-0.15, -0.1) is 0 Å². The Kier molecular flexibility index (Phi) is 5.02. The van der Waals surface area contributed by atoms with Crippen LogP contribution in [0.4, 0.5) is 4.79 Å².